The normalized spacial score (nSPS) is 13.7. The smallest absolute Gasteiger partial charge is 0.437 e. The molecule has 0 saturated carbocycles. The number of phenolic OH excluding ortho intramolecular Hbond substituents is 1. The number of carbonyl (C=O) groups is 2. The Morgan fingerprint density at radius 3 is 2.00 bits per heavy atom. The van der Waals surface area contributed by atoms with Crippen LogP contribution in [0.5, 0.6) is 5.75 Å². The number of aliphatic hydroxyl groups is 1. The molecule has 0 spiro atoms. The van der Waals surface area contributed by atoms with E-state index in [2.05, 4.69) is 4.74 Å². The number of hydrogen-bond donors (Lipinski definition) is 2. The van der Waals surface area contributed by atoms with Crippen molar-refractivity contribution in [2.45, 2.75) is 24.9 Å². The topological polar surface area (TPSA) is 93.1 Å². The van der Waals surface area contributed by atoms with Crippen molar-refractivity contribution in [2.24, 2.45) is 5.92 Å². The van der Waals surface area contributed by atoms with Gasteiger partial charge in [0.05, 0.1) is 16.8 Å². The summed E-state index contributed by atoms with van der Waals surface area (Å²) in [5.41, 5.74) is -5.88. The summed E-state index contributed by atoms with van der Waals surface area (Å²) in [5, 5.41) is 18.7. The van der Waals surface area contributed by atoms with E-state index in [1.807, 2.05) is 22.6 Å². The molecule has 29 heavy (non-hydrogen) atoms. The van der Waals surface area contributed by atoms with Gasteiger partial charge in [0.1, 0.15) is 11.3 Å². The van der Waals surface area contributed by atoms with Gasteiger partial charge in [-0.1, -0.05) is 6.92 Å². The number of rotatable bonds is 6. The maximum absolute atomic E-state index is 12.6. The molecule has 164 valence electrons. The van der Waals surface area contributed by atoms with Crippen LogP contribution in [0.15, 0.2) is 12.1 Å². The summed E-state index contributed by atoms with van der Waals surface area (Å²) in [7, 11) is 0. The number of phenols is 1. The molecule has 0 aromatic heterocycles. The number of carbonyl (C=O) groups excluding carboxylic acids is 2. The Hall–Kier alpha value is -1.04. The number of ether oxygens (including phenoxy) is 2. The Balaban J connectivity index is 2.73. The molecule has 0 aliphatic rings. The monoisotopic (exact) mass is 656 g/mol. The summed E-state index contributed by atoms with van der Waals surface area (Å²) >= 11 is 3.64. The van der Waals surface area contributed by atoms with E-state index >= 15 is 0 Å². The highest BCUT2D eigenvalue weighted by molar-refractivity contribution is 14.1. The van der Waals surface area contributed by atoms with Crippen molar-refractivity contribution in [3.05, 3.63) is 24.8 Å². The number of aromatic hydroxyl groups is 1. The number of benzene rings is 1. The molecular formula is C15H12F6I2O6. The molecule has 2 N–H and O–H groups in total. The lowest BCUT2D eigenvalue weighted by Gasteiger charge is -2.30. The second-order valence-corrected chi connectivity index (χ2v) is 8.20. The first kappa shape index (κ1) is 26.0. The van der Waals surface area contributed by atoms with Gasteiger partial charge in [-0.25, -0.2) is 9.59 Å². The molecular weight excluding hydrogens is 644 g/mol. The minimum Gasteiger partial charge on any atom is -0.506 e. The third-order valence-electron chi connectivity index (χ3n) is 3.36. The van der Waals surface area contributed by atoms with Gasteiger partial charge in [0, 0.05) is 9.49 Å². The Morgan fingerprint density at radius 2 is 1.52 bits per heavy atom. The number of hydrogen-bond acceptors (Lipinski definition) is 6. The summed E-state index contributed by atoms with van der Waals surface area (Å²) in [6.45, 7) is -0.348. The predicted octanol–water partition coefficient (Wildman–Crippen LogP) is 3.79. The third kappa shape index (κ3) is 5.99. The Labute approximate surface area is 186 Å². The summed E-state index contributed by atoms with van der Waals surface area (Å²) in [5.74, 6) is -5.33. The van der Waals surface area contributed by atoms with Crippen LogP contribution in [0.3, 0.4) is 0 Å². The maximum atomic E-state index is 12.6. The van der Waals surface area contributed by atoms with Crippen LogP contribution in [0.4, 0.5) is 26.3 Å². The van der Waals surface area contributed by atoms with Crippen LogP contribution in [-0.2, 0) is 14.3 Å². The van der Waals surface area contributed by atoms with Gasteiger partial charge in [0.25, 0.3) is 0 Å². The van der Waals surface area contributed by atoms with Crippen molar-refractivity contribution >= 4 is 57.1 Å². The lowest BCUT2D eigenvalue weighted by Crippen LogP contribution is -2.63. The standard InChI is InChI=1S/C15H12F6I2O6/c1-6(4-28-11(25)8-2-7(22)3-9(23)10(8)24)5-29-12(26)13(27,14(16,17)18)15(19,20)21/h2-3,6,24,27H,4-5H2,1H3. The number of halogens is 8. The number of alkyl halides is 6. The van der Waals surface area contributed by atoms with Crippen LogP contribution in [0, 0.1) is 13.1 Å². The number of esters is 2. The third-order valence-corrected chi connectivity index (χ3v) is 4.81. The van der Waals surface area contributed by atoms with Crippen LogP contribution >= 0.6 is 45.2 Å². The maximum Gasteiger partial charge on any atom is 0.437 e. The summed E-state index contributed by atoms with van der Waals surface area (Å²) in [6, 6.07) is 2.87. The first-order valence-electron chi connectivity index (χ1n) is 7.40. The van der Waals surface area contributed by atoms with Crippen molar-refractivity contribution in [1.82, 2.24) is 0 Å². The molecule has 14 heteroatoms. The summed E-state index contributed by atoms with van der Waals surface area (Å²) in [4.78, 5) is 23.3. The van der Waals surface area contributed by atoms with E-state index in [1.165, 1.54) is 13.0 Å². The van der Waals surface area contributed by atoms with Gasteiger partial charge in [-0.2, -0.15) is 26.3 Å². The predicted molar refractivity (Wildman–Crippen MR) is 101 cm³/mol. The Kier molecular flexibility index (Phi) is 8.43. The second-order valence-electron chi connectivity index (χ2n) is 5.79. The molecule has 0 radical (unpaired) electrons. The fourth-order valence-corrected chi connectivity index (χ4v) is 3.62. The van der Waals surface area contributed by atoms with Crippen molar-refractivity contribution in [2.75, 3.05) is 13.2 Å². The van der Waals surface area contributed by atoms with E-state index < -0.39 is 49.0 Å². The van der Waals surface area contributed by atoms with Crippen molar-refractivity contribution in [3.63, 3.8) is 0 Å². The van der Waals surface area contributed by atoms with E-state index in [1.54, 1.807) is 28.7 Å². The minimum atomic E-state index is -6.35. The first-order valence-corrected chi connectivity index (χ1v) is 9.56. The van der Waals surface area contributed by atoms with Crippen LogP contribution in [-0.4, -0.2) is 53.3 Å². The molecule has 0 saturated heterocycles. The quantitative estimate of drug-likeness (QED) is 0.275. The SMILES string of the molecule is CC(COC(=O)c1cc(I)cc(I)c1O)COC(=O)C(O)(C(F)(F)F)C(F)(F)F. The lowest BCUT2D eigenvalue weighted by atomic mass is 10.0. The van der Waals surface area contributed by atoms with Crippen molar-refractivity contribution in [1.29, 1.82) is 0 Å². The molecule has 0 aliphatic carbocycles. The van der Waals surface area contributed by atoms with Crippen molar-refractivity contribution in [3.8, 4) is 5.75 Å². The Bertz CT molecular complexity index is 766. The van der Waals surface area contributed by atoms with Gasteiger partial charge in [0.2, 0.25) is 0 Å². The van der Waals surface area contributed by atoms with Gasteiger partial charge < -0.3 is 19.7 Å². The molecule has 1 rings (SSSR count). The minimum absolute atomic E-state index is 0.200. The average Bonchev–Trinajstić information content (AvgIpc) is 2.57. The van der Waals surface area contributed by atoms with Gasteiger partial charge in [-0.3, -0.25) is 0 Å². The molecule has 1 aromatic rings. The molecule has 0 fully saturated rings. The van der Waals surface area contributed by atoms with E-state index in [0.717, 1.165) is 0 Å². The summed E-state index contributed by atoms with van der Waals surface area (Å²) in [6.07, 6.45) is -12.7. The van der Waals surface area contributed by atoms with E-state index in [-0.39, 0.29) is 11.3 Å². The van der Waals surface area contributed by atoms with Gasteiger partial charge in [0.15, 0.2) is 0 Å². The molecule has 1 atom stereocenters. The lowest BCUT2D eigenvalue weighted by molar-refractivity contribution is -0.357. The van der Waals surface area contributed by atoms with E-state index in [9.17, 15) is 41.0 Å². The highest BCUT2D eigenvalue weighted by Crippen LogP contribution is 2.43. The molecule has 0 bridgehead atoms. The highest BCUT2D eigenvalue weighted by atomic mass is 127. The average molecular weight is 656 g/mol. The molecule has 0 amide bonds. The fourth-order valence-electron chi connectivity index (χ4n) is 1.78. The second kappa shape index (κ2) is 9.40. The molecule has 1 aromatic carbocycles. The molecule has 6 nitrogen and oxygen atoms in total. The zero-order chi connectivity index (χ0) is 22.8. The largest absolute Gasteiger partial charge is 0.506 e. The molecule has 1 unspecified atom stereocenters. The van der Waals surface area contributed by atoms with Crippen LogP contribution in [0.1, 0.15) is 17.3 Å². The summed E-state index contributed by atoms with van der Waals surface area (Å²) < 4.78 is 85.1. The first-order chi connectivity index (χ1) is 13.0. The van der Waals surface area contributed by atoms with Crippen LogP contribution in [0.2, 0.25) is 0 Å². The van der Waals surface area contributed by atoms with Gasteiger partial charge >= 0.3 is 29.9 Å². The zero-order valence-electron chi connectivity index (χ0n) is 14.2. The zero-order valence-corrected chi connectivity index (χ0v) is 18.5. The van der Waals surface area contributed by atoms with Gasteiger partial charge in [-0.15, -0.1) is 0 Å². The van der Waals surface area contributed by atoms with E-state index in [4.69, 9.17) is 9.84 Å². The Morgan fingerprint density at radius 1 is 1.03 bits per heavy atom. The molecule has 0 heterocycles. The highest BCUT2D eigenvalue weighted by Gasteiger charge is 2.76. The van der Waals surface area contributed by atoms with Crippen LogP contribution < -0.4 is 0 Å². The van der Waals surface area contributed by atoms with E-state index in [0.29, 0.717) is 7.14 Å². The molecule has 0 aliphatic heterocycles. The fraction of sp³-hybridized carbons (Fsp3) is 0.467. The van der Waals surface area contributed by atoms with Crippen molar-refractivity contribution < 1.29 is 55.6 Å². The van der Waals surface area contributed by atoms with Crippen LogP contribution in [0.25, 0.3) is 0 Å². The van der Waals surface area contributed by atoms with Gasteiger partial charge in [-0.05, 0) is 57.3 Å².